The molecule has 3 rings (SSSR count). The molecule has 0 bridgehead atoms. The molecule has 0 unspecified atom stereocenters. The van der Waals surface area contributed by atoms with Gasteiger partial charge in [-0.25, -0.2) is 0 Å². The number of hydrogen-bond acceptors (Lipinski definition) is 3. The molecule has 0 heterocycles. The van der Waals surface area contributed by atoms with Crippen molar-refractivity contribution in [3.63, 3.8) is 0 Å². The third-order valence-electron chi connectivity index (χ3n) is 5.81. The van der Waals surface area contributed by atoms with Crippen molar-refractivity contribution in [1.82, 2.24) is 10.2 Å². The number of hydrogen-bond donors (Lipinski definition) is 1. The average Bonchev–Trinajstić information content (AvgIpc) is 2.85. The zero-order valence-corrected chi connectivity index (χ0v) is 24.5. The normalized spacial score (nSPS) is 11.8. The Labute approximate surface area is 237 Å². The highest BCUT2D eigenvalue weighted by Crippen LogP contribution is 2.27. The summed E-state index contributed by atoms with van der Waals surface area (Å²) in [6.45, 7) is 7.67. The first-order valence-corrected chi connectivity index (χ1v) is 13.6. The van der Waals surface area contributed by atoms with Crippen LogP contribution in [-0.2, 0) is 22.6 Å². The van der Waals surface area contributed by atoms with Gasteiger partial charge in [0.05, 0.1) is 10.0 Å². The van der Waals surface area contributed by atoms with Crippen LogP contribution in [0.15, 0.2) is 65.1 Å². The fraction of sp³-hybridized carbons (Fsp3) is 0.310. The van der Waals surface area contributed by atoms with Crippen LogP contribution >= 0.6 is 39.1 Å². The van der Waals surface area contributed by atoms with Crippen LogP contribution in [0, 0.1) is 13.8 Å². The zero-order valence-electron chi connectivity index (χ0n) is 21.4. The molecule has 0 saturated heterocycles. The molecule has 3 aromatic rings. The molecule has 0 aliphatic rings. The van der Waals surface area contributed by atoms with Gasteiger partial charge in [-0.15, -0.1) is 0 Å². The van der Waals surface area contributed by atoms with Crippen LogP contribution in [-0.4, -0.2) is 35.4 Å². The third kappa shape index (κ3) is 8.22. The minimum absolute atomic E-state index is 0.0855. The van der Waals surface area contributed by atoms with Crippen LogP contribution in [0.4, 0.5) is 0 Å². The largest absolute Gasteiger partial charge is 0.484 e. The lowest BCUT2D eigenvalue weighted by molar-refractivity contribution is -0.143. The van der Waals surface area contributed by atoms with Crippen LogP contribution in [0.25, 0.3) is 0 Å². The number of amides is 2. The van der Waals surface area contributed by atoms with Crippen molar-refractivity contribution in [2.75, 3.05) is 6.61 Å². The maximum atomic E-state index is 13.7. The van der Waals surface area contributed by atoms with Crippen LogP contribution in [0.1, 0.15) is 36.1 Å². The van der Waals surface area contributed by atoms with Crippen LogP contribution in [0.2, 0.25) is 10.0 Å². The van der Waals surface area contributed by atoms with Crippen molar-refractivity contribution in [3.05, 3.63) is 97.4 Å². The van der Waals surface area contributed by atoms with E-state index in [4.69, 9.17) is 27.9 Å². The third-order valence-corrected chi connectivity index (χ3v) is 7.80. The lowest BCUT2D eigenvalue weighted by atomic mass is 10.0. The van der Waals surface area contributed by atoms with E-state index >= 15 is 0 Å². The highest BCUT2D eigenvalue weighted by Gasteiger charge is 2.31. The molecule has 0 radical (unpaired) electrons. The van der Waals surface area contributed by atoms with E-state index in [0.717, 1.165) is 26.7 Å². The van der Waals surface area contributed by atoms with Gasteiger partial charge in [-0.3, -0.25) is 9.59 Å². The maximum absolute atomic E-state index is 13.7. The number of nitrogens with one attached hydrogen (secondary N) is 1. The molecule has 0 aromatic heterocycles. The average molecular weight is 606 g/mol. The Kier molecular flexibility index (Phi) is 10.4. The molecule has 0 saturated carbocycles. The molecule has 196 valence electrons. The SMILES string of the molecule is Cc1cc(OCC(=O)N(Cc2ccc(Cl)c(Cl)c2)[C@H](Cc2ccccc2)C(=O)NC(C)C)cc(C)c1Br. The van der Waals surface area contributed by atoms with Gasteiger partial charge < -0.3 is 15.0 Å². The van der Waals surface area contributed by atoms with E-state index in [0.29, 0.717) is 22.2 Å². The summed E-state index contributed by atoms with van der Waals surface area (Å²) in [6.07, 6.45) is 0.350. The lowest BCUT2D eigenvalue weighted by Crippen LogP contribution is -2.52. The predicted molar refractivity (Wildman–Crippen MR) is 153 cm³/mol. The van der Waals surface area contributed by atoms with Crippen molar-refractivity contribution in [2.24, 2.45) is 0 Å². The van der Waals surface area contributed by atoms with E-state index in [1.807, 2.05) is 70.2 Å². The van der Waals surface area contributed by atoms with E-state index in [1.165, 1.54) is 0 Å². The second kappa shape index (κ2) is 13.3. The molecule has 0 aliphatic carbocycles. The van der Waals surface area contributed by atoms with Gasteiger partial charge in [0.1, 0.15) is 11.8 Å². The first-order valence-electron chi connectivity index (χ1n) is 12.0. The number of benzene rings is 3. The Balaban J connectivity index is 1.94. The molecule has 3 aromatic carbocycles. The fourth-order valence-electron chi connectivity index (χ4n) is 3.99. The van der Waals surface area contributed by atoms with Crippen molar-refractivity contribution in [3.8, 4) is 5.75 Å². The first-order chi connectivity index (χ1) is 17.5. The Morgan fingerprint density at radius 2 is 1.59 bits per heavy atom. The summed E-state index contributed by atoms with van der Waals surface area (Å²) in [5.41, 5.74) is 3.72. The summed E-state index contributed by atoms with van der Waals surface area (Å²) < 4.78 is 6.92. The number of aryl methyl sites for hydroxylation is 2. The van der Waals surface area contributed by atoms with Gasteiger partial charge in [-0.1, -0.05) is 75.5 Å². The number of rotatable bonds is 10. The molecule has 5 nitrogen and oxygen atoms in total. The summed E-state index contributed by atoms with van der Waals surface area (Å²) in [5, 5.41) is 3.78. The molecule has 1 atom stereocenters. The molecular formula is C29H31BrCl2N2O3. The van der Waals surface area contributed by atoms with Crippen molar-refractivity contribution in [1.29, 1.82) is 0 Å². The van der Waals surface area contributed by atoms with Crippen LogP contribution in [0.3, 0.4) is 0 Å². The van der Waals surface area contributed by atoms with Crippen molar-refractivity contribution < 1.29 is 14.3 Å². The number of carbonyl (C=O) groups is 2. The Morgan fingerprint density at radius 1 is 0.946 bits per heavy atom. The number of ether oxygens (including phenoxy) is 1. The van der Waals surface area contributed by atoms with E-state index in [-0.39, 0.29) is 31.0 Å². The van der Waals surface area contributed by atoms with Gasteiger partial charge in [0.25, 0.3) is 5.91 Å². The highest BCUT2D eigenvalue weighted by atomic mass is 79.9. The van der Waals surface area contributed by atoms with Gasteiger partial charge in [0.2, 0.25) is 5.91 Å². The molecule has 8 heteroatoms. The molecular weight excluding hydrogens is 575 g/mol. The Hall–Kier alpha value is -2.54. The predicted octanol–water partition coefficient (Wildman–Crippen LogP) is 6.92. The van der Waals surface area contributed by atoms with E-state index in [9.17, 15) is 9.59 Å². The van der Waals surface area contributed by atoms with Gasteiger partial charge in [-0.05, 0) is 74.2 Å². The van der Waals surface area contributed by atoms with Gasteiger partial charge in [0.15, 0.2) is 6.61 Å². The number of nitrogens with zero attached hydrogens (tertiary/aromatic N) is 1. The highest BCUT2D eigenvalue weighted by molar-refractivity contribution is 9.10. The quantitative estimate of drug-likeness (QED) is 0.273. The molecule has 0 aliphatic heterocycles. The monoisotopic (exact) mass is 604 g/mol. The summed E-state index contributed by atoms with van der Waals surface area (Å²) in [5.74, 6) is 0.0407. The number of halogens is 3. The fourth-order valence-corrected chi connectivity index (χ4v) is 4.54. The topological polar surface area (TPSA) is 58.6 Å². The van der Waals surface area contributed by atoms with E-state index < -0.39 is 6.04 Å². The van der Waals surface area contributed by atoms with Gasteiger partial charge in [0, 0.05) is 23.5 Å². The van der Waals surface area contributed by atoms with E-state index in [1.54, 1.807) is 23.1 Å². The van der Waals surface area contributed by atoms with Crippen molar-refractivity contribution in [2.45, 2.75) is 52.7 Å². The minimum atomic E-state index is -0.760. The van der Waals surface area contributed by atoms with Crippen molar-refractivity contribution >= 4 is 50.9 Å². The Bertz CT molecular complexity index is 1230. The zero-order chi connectivity index (χ0) is 27.1. The minimum Gasteiger partial charge on any atom is -0.484 e. The summed E-state index contributed by atoms with van der Waals surface area (Å²) in [6, 6.07) is 17.8. The van der Waals surface area contributed by atoms with Crippen LogP contribution in [0.5, 0.6) is 5.75 Å². The second-order valence-corrected chi connectivity index (χ2v) is 10.9. The summed E-state index contributed by atoms with van der Waals surface area (Å²) >= 11 is 15.9. The molecule has 0 fully saturated rings. The second-order valence-electron chi connectivity index (χ2n) is 9.30. The molecule has 2 amide bonds. The summed E-state index contributed by atoms with van der Waals surface area (Å²) in [4.78, 5) is 28.7. The smallest absolute Gasteiger partial charge is 0.261 e. The first kappa shape index (κ1) is 29.0. The van der Waals surface area contributed by atoms with E-state index in [2.05, 4.69) is 21.2 Å². The van der Waals surface area contributed by atoms with Gasteiger partial charge >= 0.3 is 0 Å². The summed E-state index contributed by atoms with van der Waals surface area (Å²) in [7, 11) is 0. The van der Waals surface area contributed by atoms with Gasteiger partial charge in [-0.2, -0.15) is 0 Å². The van der Waals surface area contributed by atoms with Crippen LogP contribution < -0.4 is 10.1 Å². The molecule has 1 N–H and O–H groups in total. The number of carbonyl (C=O) groups excluding carboxylic acids is 2. The molecule has 0 spiro atoms. The molecule has 37 heavy (non-hydrogen) atoms. The Morgan fingerprint density at radius 3 is 2.19 bits per heavy atom. The maximum Gasteiger partial charge on any atom is 0.261 e. The lowest BCUT2D eigenvalue weighted by Gasteiger charge is -2.32. The standard InChI is InChI=1S/C29H31BrCl2N2O3/c1-18(2)33-29(36)26(15-21-8-6-5-7-9-21)34(16-22-10-11-24(31)25(32)14-22)27(35)17-37-23-12-19(3)28(30)20(4)13-23/h5-14,18,26H,15-17H2,1-4H3,(H,33,36)/t26-/m1/s1.